The van der Waals surface area contributed by atoms with Crippen LogP contribution in [0.15, 0.2) is 12.1 Å². The number of hydrogen-bond donors (Lipinski definition) is 2. The van der Waals surface area contributed by atoms with Crippen molar-refractivity contribution in [3.63, 3.8) is 0 Å². The van der Waals surface area contributed by atoms with Crippen molar-refractivity contribution in [1.82, 2.24) is 5.32 Å². The molecule has 0 bridgehead atoms. The van der Waals surface area contributed by atoms with Gasteiger partial charge in [0.1, 0.15) is 6.04 Å². The van der Waals surface area contributed by atoms with E-state index in [1.807, 2.05) is 0 Å². The highest BCUT2D eigenvalue weighted by molar-refractivity contribution is 7.16. The third-order valence-corrected chi connectivity index (χ3v) is 3.44. The molecule has 94 valence electrons. The van der Waals surface area contributed by atoms with Crippen LogP contribution in [0.5, 0.6) is 0 Å². The molecule has 4 nitrogen and oxygen atoms in total. The van der Waals surface area contributed by atoms with Crippen molar-refractivity contribution in [1.29, 1.82) is 0 Å². The van der Waals surface area contributed by atoms with Gasteiger partial charge in [0.05, 0.1) is 10.8 Å². The fourth-order valence-electron chi connectivity index (χ4n) is 1.34. The first-order valence-electron chi connectivity index (χ1n) is 5.16. The zero-order valence-corrected chi connectivity index (χ0v) is 11.1. The van der Waals surface area contributed by atoms with Gasteiger partial charge in [-0.2, -0.15) is 0 Å². The van der Waals surface area contributed by atoms with Crippen LogP contribution in [-0.2, 0) is 16.0 Å². The average Bonchev–Trinajstić information content (AvgIpc) is 2.59. The lowest BCUT2D eigenvalue weighted by atomic mass is 10.0. The van der Waals surface area contributed by atoms with Crippen molar-refractivity contribution < 1.29 is 14.7 Å². The van der Waals surface area contributed by atoms with Crippen LogP contribution >= 0.6 is 22.9 Å². The molecule has 1 heterocycles. The molecule has 0 spiro atoms. The minimum Gasteiger partial charge on any atom is -0.480 e. The average molecular weight is 276 g/mol. The molecule has 1 aromatic rings. The Balaban J connectivity index is 2.56. The van der Waals surface area contributed by atoms with Gasteiger partial charge in [-0.1, -0.05) is 25.4 Å². The summed E-state index contributed by atoms with van der Waals surface area (Å²) in [6.45, 7) is 3.50. The van der Waals surface area contributed by atoms with Crippen LogP contribution in [0.2, 0.25) is 4.34 Å². The first-order valence-corrected chi connectivity index (χ1v) is 6.36. The summed E-state index contributed by atoms with van der Waals surface area (Å²) in [5.41, 5.74) is 0. The van der Waals surface area contributed by atoms with E-state index in [0.29, 0.717) is 4.34 Å². The van der Waals surface area contributed by atoms with Crippen molar-refractivity contribution in [2.24, 2.45) is 5.92 Å². The van der Waals surface area contributed by atoms with Crippen molar-refractivity contribution in [3.8, 4) is 0 Å². The Labute approximate surface area is 109 Å². The maximum absolute atomic E-state index is 11.6. The minimum absolute atomic E-state index is 0.150. The van der Waals surface area contributed by atoms with E-state index in [4.69, 9.17) is 16.7 Å². The summed E-state index contributed by atoms with van der Waals surface area (Å²) in [6.07, 6.45) is 0.161. The fourth-order valence-corrected chi connectivity index (χ4v) is 2.43. The van der Waals surface area contributed by atoms with E-state index in [0.717, 1.165) is 4.88 Å². The van der Waals surface area contributed by atoms with Gasteiger partial charge in [-0.15, -0.1) is 11.3 Å². The fraction of sp³-hybridized carbons (Fsp3) is 0.455. The van der Waals surface area contributed by atoms with E-state index in [-0.39, 0.29) is 18.2 Å². The summed E-state index contributed by atoms with van der Waals surface area (Å²) in [5, 5.41) is 11.4. The number of halogens is 1. The van der Waals surface area contributed by atoms with E-state index in [1.54, 1.807) is 26.0 Å². The smallest absolute Gasteiger partial charge is 0.326 e. The monoisotopic (exact) mass is 275 g/mol. The Hall–Kier alpha value is -1.07. The molecule has 1 aromatic heterocycles. The molecular weight excluding hydrogens is 262 g/mol. The third kappa shape index (κ3) is 4.36. The molecule has 0 saturated heterocycles. The topological polar surface area (TPSA) is 66.4 Å². The Bertz CT molecular complexity index is 417. The maximum Gasteiger partial charge on any atom is 0.326 e. The van der Waals surface area contributed by atoms with Crippen molar-refractivity contribution >= 4 is 34.8 Å². The van der Waals surface area contributed by atoms with Crippen molar-refractivity contribution in [2.75, 3.05) is 0 Å². The molecule has 0 unspecified atom stereocenters. The molecule has 0 aromatic carbocycles. The molecule has 17 heavy (non-hydrogen) atoms. The standard InChI is InChI=1S/C11H14ClNO3S/c1-6(2)10(11(15)16)13-9(14)5-7-3-4-8(12)17-7/h3-4,6,10H,5H2,1-2H3,(H,13,14)(H,15,16)/t10-/m1/s1. The zero-order valence-electron chi connectivity index (χ0n) is 9.57. The second-order valence-electron chi connectivity index (χ2n) is 4.01. The minimum atomic E-state index is -1.02. The van der Waals surface area contributed by atoms with E-state index < -0.39 is 12.0 Å². The van der Waals surface area contributed by atoms with E-state index in [1.165, 1.54) is 11.3 Å². The Morgan fingerprint density at radius 2 is 2.12 bits per heavy atom. The predicted octanol–water partition coefficient (Wildman–Crippen LogP) is 2.17. The maximum atomic E-state index is 11.6. The van der Waals surface area contributed by atoms with Crippen molar-refractivity contribution in [3.05, 3.63) is 21.3 Å². The van der Waals surface area contributed by atoms with Gasteiger partial charge in [0, 0.05) is 4.88 Å². The SMILES string of the molecule is CC(C)[C@@H](NC(=O)Cc1ccc(Cl)s1)C(=O)O. The third-order valence-electron chi connectivity index (χ3n) is 2.21. The largest absolute Gasteiger partial charge is 0.480 e. The summed E-state index contributed by atoms with van der Waals surface area (Å²) < 4.78 is 0.617. The lowest BCUT2D eigenvalue weighted by molar-refractivity contribution is -0.143. The van der Waals surface area contributed by atoms with E-state index in [9.17, 15) is 9.59 Å². The summed E-state index contributed by atoms with van der Waals surface area (Å²) >= 11 is 7.06. The molecule has 1 amide bonds. The number of nitrogens with one attached hydrogen (secondary N) is 1. The van der Waals surface area contributed by atoms with Gasteiger partial charge >= 0.3 is 5.97 Å². The zero-order chi connectivity index (χ0) is 13.0. The summed E-state index contributed by atoms with van der Waals surface area (Å²) in [4.78, 5) is 23.3. The number of carboxylic acid groups (broad SMARTS) is 1. The van der Waals surface area contributed by atoms with Gasteiger partial charge in [0.2, 0.25) is 5.91 Å². The second kappa shape index (κ2) is 6.02. The molecule has 0 saturated carbocycles. The van der Waals surface area contributed by atoms with Crippen LogP contribution < -0.4 is 5.32 Å². The predicted molar refractivity (Wildman–Crippen MR) is 67.4 cm³/mol. The van der Waals surface area contributed by atoms with Crippen LogP contribution in [-0.4, -0.2) is 23.0 Å². The van der Waals surface area contributed by atoms with Gasteiger partial charge in [0.25, 0.3) is 0 Å². The Morgan fingerprint density at radius 3 is 2.53 bits per heavy atom. The van der Waals surface area contributed by atoms with Gasteiger partial charge in [-0.25, -0.2) is 4.79 Å². The van der Waals surface area contributed by atoms with Gasteiger partial charge < -0.3 is 10.4 Å². The van der Waals surface area contributed by atoms with Crippen LogP contribution in [0.1, 0.15) is 18.7 Å². The normalized spacial score (nSPS) is 12.5. The van der Waals surface area contributed by atoms with Crippen LogP contribution in [0, 0.1) is 5.92 Å². The molecule has 2 N–H and O–H groups in total. The number of rotatable bonds is 5. The molecule has 0 radical (unpaired) electrons. The molecule has 1 rings (SSSR count). The number of carbonyl (C=O) groups is 2. The molecule has 0 aliphatic carbocycles. The van der Waals surface area contributed by atoms with E-state index >= 15 is 0 Å². The number of carboxylic acids is 1. The number of amides is 1. The summed E-state index contributed by atoms with van der Waals surface area (Å²) in [5.74, 6) is -1.47. The van der Waals surface area contributed by atoms with E-state index in [2.05, 4.69) is 5.32 Å². The first kappa shape index (κ1) is 14.0. The number of carbonyl (C=O) groups excluding carboxylic acids is 1. The number of aliphatic carboxylic acids is 1. The number of thiophene rings is 1. The lowest BCUT2D eigenvalue weighted by Gasteiger charge is -2.17. The molecule has 0 fully saturated rings. The quantitative estimate of drug-likeness (QED) is 0.865. The molecule has 1 atom stereocenters. The van der Waals surface area contributed by atoms with Crippen molar-refractivity contribution in [2.45, 2.75) is 26.3 Å². The molecule has 0 aliphatic heterocycles. The first-order chi connectivity index (χ1) is 7.90. The molecule has 0 aliphatic rings. The molecular formula is C11H14ClNO3S. The second-order valence-corrected chi connectivity index (χ2v) is 5.81. The van der Waals surface area contributed by atoms with Gasteiger partial charge in [-0.3, -0.25) is 4.79 Å². The van der Waals surface area contributed by atoms with Crippen LogP contribution in [0.4, 0.5) is 0 Å². The van der Waals surface area contributed by atoms with Gasteiger partial charge in [0.15, 0.2) is 0 Å². The Morgan fingerprint density at radius 1 is 1.47 bits per heavy atom. The highest BCUT2D eigenvalue weighted by atomic mass is 35.5. The Kier molecular flexibility index (Phi) is 4.96. The number of hydrogen-bond acceptors (Lipinski definition) is 3. The van der Waals surface area contributed by atoms with Crippen LogP contribution in [0.25, 0.3) is 0 Å². The van der Waals surface area contributed by atoms with Crippen LogP contribution in [0.3, 0.4) is 0 Å². The molecule has 6 heteroatoms. The highest BCUT2D eigenvalue weighted by Crippen LogP contribution is 2.21. The van der Waals surface area contributed by atoms with Gasteiger partial charge in [-0.05, 0) is 18.1 Å². The highest BCUT2D eigenvalue weighted by Gasteiger charge is 2.23. The summed E-state index contributed by atoms with van der Waals surface area (Å²) in [6, 6.07) is 2.63. The lowest BCUT2D eigenvalue weighted by Crippen LogP contribution is -2.44. The summed E-state index contributed by atoms with van der Waals surface area (Å²) in [7, 11) is 0.